The third-order valence-corrected chi connectivity index (χ3v) is 9.12. The first kappa shape index (κ1) is 35.4. The zero-order chi connectivity index (χ0) is 34.2. The first-order chi connectivity index (χ1) is 23.3. The molecule has 0 saturated heterocycles. The molecule has 6 nitrogen and oxygen atoms in total. The molecule has 48 heavy (non-hydrogen) atoms. The Hall–Kier alpha value is -3.95. The standard InChI is InChI=1S/C36H42B2F4N2O4/c1-3-5-7-9-11-17-23-43-27-21-15-13-19-25(27)33(45)29-31(43)35(47-37(39)40)30-32(36(29)48-38(41)42)44(24-18-12-10-8-6-4-2)28-22-16-14-20-26(28)34(30)46/h13-16,19-22H,3-12,17-18,23-24H2,1-2H3. The van der Waals surface area contributed by atoms with Crippen molar-refractivity contribution in [2.75, 3.05) is 0 Å². The molecule has 5 rings (SSSR count). The molecular weight excluding hydrogens is 622 g/mol. The summed E-state index contributed by atoms with van der Waals surface area (Å²) in [4.78, 5) is 28.6. The molecule has 0 aliphatic carbocycles. The molecule has 0 radical (unpaired) electrons. The van der Waals surface area contributed by atoms with Crippen LogP contribution in [0.15, 0.2) is 58.1 Å². The van der Waals surface area contributed by atoms with Gasteiger partial charge in [-0.05, 0) is 37.1 Å². The van der Waals surface area contributed by atoms with Crippen molar-refractivity contribution in [1.29, 1.82) is 0 Å². The summed E-state index contributed by atoms with van der Waals surface area (Å²) >= 11 is 0. The lowest BCUT2D eigenvalue weighted by Gasteiger charge is -2.24. The van der Waals surface area contributed by atoms with E-state index in [4.69, 9.17) is 9.31 Å². The lowest BCUT2D eigenvalue weighted by molar-refractivity contribution is 0.423. The van der Waals surface area contributed by atoms with Crippen LogP contribution in [0.1, 0.15) is 90.9 Å². The third kappa shape index (κ3) is 7.37. The van der Waals surface area contributed by atoms with Crippen LogP contribution in [0, 0.1) is 0 Å². The molecule has 254 valence electrons. The Morgan fingerprint density at radius 2 is 0.896 bits per heavy atom. The summed E-state index contributed by atoms with van der Waals surface area (Å²) in [6.07, 6.45) is 11.3. The van der Waals surface area contributed by atoms with Gasteiger partial charge in [0.2, 0.25) is 10.9 Å². The van der Waals surface area contributed by atoms with E-state index >= 15 is 0 Å². The van der Waals surface area contributed by atoms with Gasteiger partial charge in [-0.15, -0.1) is 0 Å². The van der Waals surface area contributed by atoms with Crippen molar-refractivity contribution in [2.45, 2.75) is 104 Å². The molecule has 0 aliphatic rings. The van der Waals surface area contributed by atoms with Crippen LogP contribution in [0.5, 0.6) is 11.5 Å². The fraction of sp³-hybridized carbons (Fsp3) is 0.444. The van der Waals surface area contributed by atoms with E-state index in [9.17, 15) is 26.9 Å². The summed E-state index contributed by atoms with van der Waals surface area (Å²) in [5.41, 5.74) is -0.758. The molecule has 3 aromatic carbocycles. The molecule has 0 fully saturated rings. The van der Waals surface area contributed by atoms with Gasteiger partial charge in [0.15, 0.2) is 0 Å². The highest BCUT2D eigenvalue weighted by Gasteiger charge is 2.33. The van der Waals surface area contributed by atoms with E-state index in [1.54, 1.807) is 57.7 Å². The van der Waals surface area contributed by atoms with Crippen LogP contribution in [0.4, 0.5) is 17.3 Å². The molecule has 2 heterocycles. The number of aromatic nitrogens is 2. The number of fused-ring (bicyclic) bond motifs is 4. The van der Waals surface area contributed by atoms with Crippen molar-refractivity contribution in [3.05, 3.63) is 69.0 Å². The van der Waals surface area contributed by atoms with Crippen molar-refractivity contribution in [1.82, 2.24) is 9.13 Å². The number of para-hydroxylation sites is 2. The number of unbranched alkanes of at least 4 members (excludes halogenated alkanes) is 10. The minimum absolute atomic E-state index is 0.144. The number of nitrogens with zero attached hydrogens (tertiary/aromatic N) is 2. The SMILES string of the molecule is CCCCCCCCn1c2ccccc2c(=O)c2c(OB(F)F)c3c(c(OB(F)F)c21)c(=O)c1ccccc1n3CCCCCCCC. The quantitative estimate of drug-likeness (QED) is 0.0405. The topological polar surface area (TPSA) is 62.5 Å². The van der Waals surface area contributed by atoms with Crippen LogP contribution >= 0.6 is 0 Å². The number of aryl methyl sites for hydroxylation is 2. The van der Waals surface area contributed by atoms with E-state index in [1.165, 1.54) is 0 Å². The highest BCUT2D eigenvalue weighted by molar-refractivity contribution is 6.37. The molecule has 0 saturated carbocycles. The van der Waals surface area contributed by atoms with Gasteiger partial charge in [-0.3, -0.25) is 9.59 Å². The van der Waals surface area contributed by atoms with E-state index in [0.717, 1.165) is 64.2 Å². The molecule has 12 heteroatoms. The molecule has 5 aromatic rings. The zero-order valence-electron chi connectivity index (χ0n) is 27.7. The summed E-state index contributed by atoms with van der Waals surface area (Å²) in [6.45, 7) is 4.80. The first-order valence-electron chi connectivity index (χ1n) is 17.3. The van der Waals surface area contributed by atoms with E-state index in [0.29, 0.717) is 23.9 Å². The average Bonchev–Trinajstić information content (AvgIpc) is 3.07. The van der Waals surface area contributed by atoms with Crippen LogP contribution in [-0.2, 0) is 13.1 Å². The molecule has 0 amide bonds. The van der Waals surface area contributed by atoms with Gasteiger partial charge < -0.3 is 18.4 Å². The summed E-state index contributed by atoms with van der Waals surface area (Å²) in [5.74, 6) is -1.00. The normalized spacial score (nSPS) is 11.6. The fourth-order valence-electron chi connectivity index (χ4n) is 6.90. The molecule has 2 aromatic heterocycles. The predicted molar refractivity (Wildman–Crippen MR) is 189 cm³/mol. The maximum absolute atomic E-state index is 14.4. The van der Waals surface area contributed by atoms with E-state index in [-0.39, 0.29) is 45.7 Å². The Labute approximate surface area is 278 Å². The highest BCUT2D eigenvalue weighted by Crippen LogP contribution is 2.43. The Balaban J connectivity index is 1.90. The average molecular weight is 664 g/mol. The summed E-state index contributed by atoms with van der Waals surface area (Å²) in [7, 11) is -6.72. The van der Waals surface area contributed by atoms with Crippen LogP contribution in [0.2, 0.25) is 0 Å². The second kappa shape index (κ2) is 16.4. The van der Waals surface area contributed by atoms with Gasteiger partial charge in [0.25, 0.3) is 0 Å². The van der Waals surface area contributed by atoms with Gasteiger partial charge in [-0.2, -0.15) is 0 Å². The van der Waals surface area contributed by atoms with Crippen molar-refractivity contribution in [3.8, 4) is 11.5 Å². The Morgan fingerprint density at radius 3 is 1.27 bits per heavy atom. The first-order valence-corrected chi connectivity index (χ1v) is 17.3. The van der Waals surface area contributed by atoms with E-state index < -0.39 is 37.3 Å². The maximum Gasteiger partial charge on any atom is 0.796 e. The van der Waals surface area contributed by atoms with Gasteiger partial charge in [0.1, 0.15) is 11.5 Å². The van der Waals surface area contributed by atoms with E-state index in [2.05, 4.69) is 13.8 Å². The van der Waals surface area contributed by atoms with Crippen LogP contribution < -0.4 is 20.2 Å². The molecule has 0 atom stereocenters. The molecule has 0 unspecified atom stereocenters. The third-order valence-electron chi connectivity index (χ3n) is 9.12. The predicted octanol–water partition coefficient (Wildman–Crippen LogP) is 9.95. The number of hydrogen-bond donors (Lipinski definition) is 0. The zero-order valence-corrected chi connectivity index (χ0v) is 27.7. The number of halogens is 4. The lowest BCUT2D eigenvalue weighted by atomic mass is 10.00. The minimum Gasteiger partial charge on any atom is -0.503 e. The second-order valence-electron chi connectivity index (χ2n) is 12.4. The summed E-state index contributed by atoms with van der Waals surface area (Å²) in [6, 6.07) is 13.3. The fourth-order valence-corrected chi connectivity index (χ4v) is 6.90. The van der Waals surface area contributed by atoms with Crippen molar-refractivity contribution < 1.29 is 26.6 Å². The van der Waals surface area contributed by atoms with E-state index in [1.807, 2.05) is 0 Å². The number of benzene rings is 3. The number of pyridine rings is 2. The number of rotatable bonds is 18. The van der Waals surface area contributed by atoms with Gasteiger partial charge in [-0.25, -0.2) is 17.3 Å². The van der Waals surface area contributed by atoms with Gasteiger partial charge in [0, 0.05) is 23.9 Å². The lowest BCUT2D eigenvalue weighted by Crippen LogP contribution is -2.22. The summed E-state index contributed by atoms with van der Waals surface area (Å²) in [5, 5.41) is -0.171. The molecule has 0 N–H and O–H groups in total. The van der Waals surface area contributed by atoms with Crippen LogP contribution in [0.3, 0.4) is 0 Å². The van der Waals surface area contributed by atoms with Crippen molar-refractivity contribution >= 4 is 58.6 Å². The second-order valence-corrected chi connectivity index (χ2v) is 12.4. The Bertz CT molecular complexity index is 1850. The molecule has 0 spiro atoms. The van der Waals surface area contributed by atoms with Gasteiger partial charge in [0.05, 0.1) is 32.8 Å². The largest absolute Gasteiger partial charge is 0.796 e. The summed E-state index contributed by atoms with van der Waals surface area (Å²) < 4.78 is 71.3. The molecular formula is C36H42B2F4N2O4. The Morgan fingerprint density at radius 1 is 0.542 bits per heavy atom. The Kier molecular flexibility index (Phi) is 12.1. The van der Waals surface area contributed by atoms with Crippen molar-refractivity contribution in [2.24, 2.45) is 0 Å². The minimum atomic E-state index is -3.36. The maximum atomic E-state index is 14.4. The van der Waals surface area contributed by atoms with Gasteiger partial charge >= 0.3 is 14.9 Å². The molecule has 0 aliphatic heterocycles. The van der Waals surface area contributed by atoms with Crippen LogP contribution in [0.25, 0.3) is 43.6 Å². The smallest absolute Gasteiger partial charge is 0.503 e. The van der Waals surface area contributed by atoms with Gasteiger partial charge in [-0.1, -0.05) is 102 Å². The van der Waals surface area contributed by atoms with Crippen LogP contribution in [-0.4, -0.2) is 24.1 Å². The highest BCUT2D eigenvalue weighted by atomic mass is 19.2. The molecule has 0 bridgehead atoms. The van der Waals surface area contributed by atoms with Crippen molar-refractivity contribution in [3.63, 3.8) is 0 Å². The monoisotopic (exact) mass is 664 g/mol. The number of hydrogen-bond acceptors (Lipinski definition) is 4.